The highest BCUT2D eigenvalue weighted by Crippen LogP contribution is 2.22. The molecule has 0 unspecified atom stereocenters. The van der Waals surface area contributed by atoms with E-state index in [-0.39, 0.29) is 0 Å². The first kappa shape index (κ1) is 15.6. The third kappa shape index (κ3) is 5.29. The zero-order valence-electron chi connectivity index (χ0n) is 11.1. The summed E-state index contributed by atoms with van der Waals surface area (Å²) >= 11 is 9.42. The van der Waals surface area contributed by atoms with Gasteiger partial charge in [-0.25, -0.2) is 0 Å². The molecule has 108 valence electrons. The number of furan rings is 1. The van der Waals surface area contributed by atoms with Crippen LogP contribution in [0.4, 0.5) is 0 Å². The van der Waals surface area contributed by atoms with E-state index < -0.39 is 0 Å². The van der Waals surface area contributed by atoms with E-state index in [1.807, 2.05) is 24.3 Å². The molecule has 1 heterocycles. The van der Waals surface area contributed by atoms with Gasteiger partial charge in [0.05, 0.1) is 11.3 Å². The maximum Gasteiger partial charge on any atom is 0.129 e. The Bertz CT molecular complexity index is 517. The van der Waals surface area contributed by atoms with Gasteiger partial charge in [0.1, 0.15) is 12.4 Å². The number of halogens is 2. The summed E-state index contributed by atoms with van der Waals surface area (Å²) in [6, 6.07) is 9.76. The van der Waals surface area contributed by atoms with Gasteiger partial charge in [0, 0.05) is 17.6 Å². The lowest BCUT2D eigenvalue weighted by Crippen LogP contribution is -2.16. The molecule has 3 nitrogen and oxygen atoms in total. The lowest BCUT2D eigenvalue weighted by molar-refractivity contribution is 0.104. The van der Waals surface area contributed by atoms with Crippen LogP contribution in [0.5, 0.6) is 0 Å². The monoisotopic (exact) mass is 357 g/mol. The van der Waals surface area contributed by atoms with Crippen molar-refractivity contribution < 1.29 is 9.15 Å². The molecule has 0 amide bonds. The Hall–Kier alpha value is -0.810. The molecule has 0 saturated carbocycles. The number of nitrogens with one attached hydrogen (secondary N) is 1. The highest BCUT2D eigenvalue weighted by atomic mass is 79.9. The summed E-state index contributed by atoms with van der Waals surface area (Å²) in [5, 5.41) is 4.11. The van der Waals surface area contributed by atoms with E-state index in [1.165, 1.54) is 5.56 Å². The van der Waals surface area contributed by atoms with Gasteiger partial charge in [-0.15, -0.1) is 0 Å². The van der Waals surface area contributed by atoms with Gasteiger partial charge < -0.3 is 14.5 Å². The van der Waals surface area contributed by atoms with Gasteiger partial charge in [-0.1, -0.05) is 17.7 Å². The van der Waals surface area contributed by atoms with Gasteiger partial charge in [-0.05, 0) is 58.7 Å². The Morgan fingerprint density at radius 3 is 2.95 bits per heavy atom. The van der Waals surface area contributed by atoms with Crippen LogP contribution in [0.2, 0.25) is 5.02 Å². The average molecular weight is 359 g/mol. The van der Waals surface area contributed by atoms with Crippen LogP contribution in [-0.4, -0.2) is 13.2 Å². The van der Waals surface area contributed by atoms with Crippen molar-refractivity contribution in [2.75, 3.05) is 13.2 Å². The lowest BCUT2D eigenvalue weighted by atomic mass is 10.2. The fraction of sp³-hybridized carbons (Fsp3) is 0.333. The second kappa shape index (κ2) is 8.47. The van der Waals surface area contributed by atoms with E-state index in [1.54, 1.807) is 6.26 Å². The molecule has 20 heavy (non-hydrogen) atoms. The highest BCUT2D eigenvalue weighted by Gasteiger charge is 1.99. The molecule has 1 aromatic carbocycles. The third-order valence-corrected chi connectivity index (χ3v) is 4.01. The molecule has 0 aliphatic heterocycles. The van der Waals surface area contributed by atoms with Crippen molar-refractivity contribution in [2.45, 2.75) is 19.6 Å². The first-order chi connectivity index (χ1) is 9.75. The Kier molecular flexibility index (Phi) is 6.60. The van der Waals surface area contributed by atoms with Gasteiger partial charge >= 0.3 is 0 Å². The fourth-order valence-electron chi connectivity index (χ4n) is 1.75. The van der Waals surface area contributed by atoms with E-state index >= 15 is 0 Å². The predicted molar refractivity (Wildman–Crippen MR) is 83.8 cm³/mol. The quantitative estimate of drug-likeness (QED) is 0.711. The van der Waals surface area contributed by atoms with Crippen molar-refractivity contribution in [3.05, 3.63) is 57.4 Å². The van der Waals surface area contributed by atoms with Crippen LogP contribution in [0.3, 0.4) is 0 Å². The molecule has 0 spiro atoms. The fourth-order valence-corrected chi connectivity index (χ4v) is 2.20. The molecular formula is C15H17BrClNO2. The summed E-state index contributed by atoms with van der Waals surface area (Å²) < 4.78 is 11.6. The summed E-state index contributed by atoms with van der Waals surface area (Å²) in [6.07, 6.45) is 2.62. The number of hydrogen-bond donors (Lipinski definition) is 1. The number of rotatable bonds is 8. The SMILES string of the molecule is Clc1cc(CNCCCOCc2ccco2)ccc1Br. The van der Waals surface area contributed by atoms with Crippen molar-refractivity contribution in [3.8, 4) is 0 Å². The maximum absolute atomic E-state index is 6.04. The van der Waals surface area contributed by atoms with Crippen molar-refractivity contribution in [1.29, 1.82) is 0 Å². The molecule has 0 radical (unpaired) electrons. The van der Waals surface area contributed by atoms with Gasteiger partial charge in [0.15, 0.2) is 0 Å². The second-order valence-corrected chi connectivity index (χ2v) is 5.67. The van der Waals surface area contributed by atoms with Gasteiger partial charge in [-0.2, -0.15) is 0 Å². The summed E-state index contributed by atoms with van der Waals surface area (Å²) in [6.45, 7) is 2.97. The molecule has 0 aliphatic carbocycles. The second-order valence-electron chi connectivity index (χ2n) is 4.41. The van der Waals surface area contributed by atoms with Gasteiger partial charge in [0.25, 0.3) is 0 Å². The molecule has 5 heteroatoms. The molecule has 2 aromatic rings. The van der Waals surface area contributed by atoms with E-state index in [2.05, 4.69) is 27.3 Å². The van der Waals surface area contributed by atoms with Crippen LogP contribution in [0.1, 0.15) is 17.7 Å². The number of benzene rings is 1. The normalized spacial score (nSPS) is 10.9. The molecule has 0 bridgehead atoms. The summed E-state index contributed by atoms with van der Waals surface area (Å²) in [5.74, 6) is 0.863. The van der Waals surface area contributed by atoms with Gasteiger partial charge in [-0.3, -0.25) is 0 Å². The molecule has 0 atom stereocenters. The Morgan fingerprint density at radius 1 is 1.30 bits per heavy atom. The molecule has 2 rings (SSSR count). The summed E-state index contributed by atoms with van der Waals surface area (Å²) in [5.41, 5.74) is 1.18. The lowest BCUT2D eigenvalue weighted by Gasteiger charge is -2.06. The molecule has 1 aromatic heterocycles. The first-order valence-corrected chi connectivity index (χ1v) is 7.67. The third-order valence-electron chi connectivity index (χ3n) is 2.78. The molecule has 0 aliphatic rings. The topological polar surface area (TPSA) is 34.4 Å². The zero-order valence-corrected chi connectivity index (χ0v) is 13.4. The predicted octanol–water partition coefficient (Wildman–Crippen LogP) is 4.39. The number of hydrogen-bond acceptors (Lipinski definition) is 3. The van der Waals surface area contributed by atoms with E-state index in [9.17, 15) is 0 Å². The molecule has 0 fully saturated rings. The molecule has 0 saturated heterocycles. The van der Waals surface area contributed by atoms with E-state index in [0.717, 1.165) is 41.4 Å². The van der Waals surface area contributed by atoms with Crippen molar-refractivity contribution in [2.24, 2.45) is 0 Å². The van der Waals surface area contributed by atoms with E-state index in [0.29, 0.717) is 6.61 Å². The van der Waals surface area contributed by atoms with Crippen LogP contribution in [0.25, 0.3) is 0 Å². The minimum absolute atomic E-state index is 0.537. The Morgan fingerprint density at radius 2 is 2.20 bits per heavy atom. The summed E-state index contributed by atoms with van der Waals surface area (Å²) in [4.78, 5) is 0. The first-order valence-electron chi connectivity index (χ1n) is 6.50. The smallest absolute Gasteiger partial charge is 0.129 e. The maximum atomic E-state index is 6.04. The minimum Gasteiger partial charge on any atom is -0.467 e. The van der Waals surface area contributed by atoms with Crippen LogP contribution < -0.4 is 5.32 Å². The van der Waals surface area contributed by atoms with Crippen LogP contribution >= 0.6 is 27.5 Å². The average Bonchev–Trinajstić information content (AvgIpc) is 2.95. The van der Waals surface area contributed by atoms with Crippen molar-refractivity contribution in [3.63, 3.8) is 0 Å². The van der Waals surface area contributed by atoms with Crippen LogP contribution in [0, 0.1) is 0 Å². The number of ether oxygens (including phenoxy) is 1. The highest BCUT2D eigenvalue weighted by molar-refractivity contribution is 9.10. The Balaban J connectivity index is 1.54. The van der Waals surface area contributed by atoms with Crippen molar-refractivity contribution in [1.82, 2.24) is 5.32 Å². The minimum atomic E-state index is 0.537. The zero-order chi connectivity index (χ0) is 14.2. The van der Waals surface area contributed by atoms with Crippen LogP contribution in [-0.2, 0) is 17.9 Å². The standard InChI is InChI=1S/C15H17BrClNO2/c16-14-5-4-12(9-15(14)17)10-18-6-2-7-19-11-13-3-1-8-20-13/h1,3-5,8-9,18H,2,6-7,10-11H2. The molecular weight excluding hydrogens is 342 g/mol. The molecule has 1 N–H and O–H groups in total. The van der Waals surface area contributed by atoms with Crippen molar-refractivity contribution >= 4 is 27.5 Å². The van der Waals surface area contributed by atoms with E-state index in [4.69, 9.17) is 20.8 Å². The largest absolute Gasteiger partial charge is 0.467 e. The summed E-state index contributed by atoms with van der Waals surface area (Å²) in [7, 11) is 0. The van der Waals surface area contributed by atoms with Gasteiger partial charge in [0.2, 0.25) is 0 Å². The Labute approximate surface area is 132 Å². The van der Waals surface area contributed by atoms with Crippen LogP contribution in [0.15, 0.2) is 45.5 Å².